The summed E-state index contributed by atoms with van der Waals surface area (Å²) in [5.74, 6) is 0.180. The van der Waals surface area contributed by atoms with E-state index in [1.807, 2.05) is 12.1 Å². The molecule has 82 valence electrons. The number of rotatable bonds is 3. The minimum Gasteiger partial charge on any atom is -0.324 e. The number of hydrogen-bond acceptors (Lipinski definition) is 1. The van der Waals surface area contributed by atoms with Gasteiger partial charge in [0, 0.05) is 5.78 Å². The van der Waals surface area contributed by atoms with E-state index >= 15 is 0 Å². The van der Waals surface area contributed by atoms with Crippen LogP contribution in [0.1, 0.15) is 6.92 Å². The molecule has 0 aliphatic heterocycles. The second kappa shape index (κ2) is 5.25. The predicted molar refractivity (Wildman–Crippen MR) is 72.7 cm³/mol. The van der Waals surface area contributed by atoms with Crippen LogP contribution in [0.2, 0.25) is 0 Å². The molecule has 2 heteroatoms. The van der Waals surface area contributed by atoms with Gasteiger partial charge >= 0.3 is 0 Å². The summed E-state index contributed by atoms with van der Waals surface area (Å²) in [4.78, 5) is 0. The van der Waals surface area contributed by atoms with Crippen molar-refractivity contribution in [3.05, 3.63) is 60.7 Å². The Hall–Kier alpha value is -1.17. The van der Waals surface area contributed by atoms with E-state index < -0.39 is 7.92 Å². The first-order chi connectivity index (χ1) is 7.79. The topological polar surface area (TPSA) is 26.0 Å². The second-order valence-electron chi connectivity index (χ2n) is 3.78. The molecule has 2 aromatic carbocycles. The fourth-order valence-electron chi connectivity index (χ4n) is 1.80. The molecule has 0 radical (unpaired) electrons. The van der Waals surface area contributed by atoms with Crippen molar-refractivity contribution in [1.82, 2.24) is 0 Å². The molecule has 16 heavy (non-hydrogen) atoms. The molecular weight excluding hydrogens is 213 g/mol. The molecule has 0 fully saturated rings. The van der Waals surface area contributed by atoms with Gasteiger partial charge in [-0.15, -0.1) is 0 Å². The maximum Gasteiger partial charge on any atom is 0.0296 e. The molecule has 2 N–H and O–H groups in total. The molecule has 0 saturated heterocycles. The van der Waals surface area contributed by atoms with Crippen LogP contribution in [-0.4, -0.2) is 5.78 Å². The van der Waals surface area contributed by atoms with Crippen LogP contribution in [0.4, 0.5) is 0 Å². The van der Waals surface area contributed by atoms with Crippen LogP contribution in [0.15, 0.2) is 60.7 Å². The average molecular weight is 229 g/mol. The summed E-state index contributed by atoms with van der Waals surface area (Å²) in [6.45, 7) is 2.09. The highest BCUT2D eigenvalue weighted by Crippen LogP contribution is 2.36. The van der Waals surface area contributed by atoms with Crippen molar-refractivity contribution >= 4 is 18.5 Å². The fraction of sp³-hybridized carbons (Fsp3) is 0.143. The molecular formula is C14H16NP. The minimum absolute atomic E-state index is 0.180. The Labute approximate surface area is 98.1 Å². The van der Waals surface area contributed by atoms with Crippen molar-refractivity contribution < 1.29 is 0 Å². The van der Waals surface area contributed by atoms with Gasteiger partial charge < -0.3 is 5.73 Å². The normalized spacial score (nSPS) is 12.7. The molecule has 0 spiro atoms. The van der Waals surface area contributed by atoms with E-state index in [1.54, 1.807) is 0 Å². The Morgan fingerprint density at radius 1 is 0.812 bits per heavy atom. The summed E-state index contributed by atoms with van der Waals surface area (Å²) in [6.07, 6.45) is 0. The summed E-state index contributed by atoms with van der Waals surface area (Å²) in [6, 6.07) is 21.1. The lowest BCUT2D eigenvalue weighted by atomic mass is 10.4. The van der Waals surface area contributed by atoms with Gasteiger partial charge in [-0.05, 0) is 25.5 Å². The molecule has 0 amide bonds. The van der Waals surface area contributed by atoms with E-state index in [4.69, 9.17) is 5.73 Å². The molecule has 1 atom stereocenters. The lowest BCUT2D eigenvalue weighted by molar-refractivity contribution is 1.04. The van der Waals surface area contributed by atoms with Crippen LogP contribution in [-0.2, 0) is 0 Å². The SMILES string of the molecule is C[C@@H](N)P(c1ccccc1)c1ccccc1. The van der Waals surface area contributed by atoms with Crippen molar-refractivity contribution in [2.75, 3.05) is 0 Å². The van der Waals surface area contributed by atoms with E-state index in [1.165, 1.54) is 10.6 Å². The Morgan fingerprint density at radius 3 is 1.50 bits per heavy atom. The van der Waals surface area contributed by atoms with Gasteiger partial charge in [-0.25, -0.2) is 0 Å². The largest absolute Gasteiger partial charge is 0.324 e. The third-order valence-electron chi connectivity index (χ3n) is 2.48. The maximum absolute atomic E-state index is 6.13. The van der Waals surface area contributed by atoms with Crippen LogP contribution in [0.5, 0.6) is 0 Å². The van der Waals surface area contributed by atoms with Crippen molar-refractivity contribution in [2.45, 2.75) is 12.7 Å². The molecule has 0 heterocycles. The first-order valence-electron chi connectivity index (χ1n) is 5.44. The summed E-state index contributed by atoms with van der Waals surface area (Å²) in [5.41, 5.74) is 6.13. The monoisotopic (exact) mass is 229 g/mol. The van der Waals surface area contributed by atoms with Crippen LogP contribution >= 0.6 is 7.92 Å². The van der Waals surface area contributed by atoms with E-state index in [0.717, 1.165) is 0 Å². The number of benzene rings is 2. The van der Waals surface area contributed by atoms with E-state index in [2.05, 4.69) is 55.5 Å². The lowest BCUT2D eigenvalue weighted by Gasteiger charge is -2.22. The second-order valence-corrected chi connectivity index (χ2v) is 6.37. The van der Waals surface area contributed by atoms with Gasteiger partial charge in [-0.1, -0.05) is 60.7 Å². The van der Waals surface area contributed by atoms with Crippen LogP contribution in [0, 0.1) is 0 Å². The summed E-state index contributed by atoms with van der Waals surface area (Å²) >= 11 is 0. The van der Waals surface area contributed by atoms with Crippen molar-refractivity contribution in [3.63, 3.8) is 0 Å². The van der Waals surface area contributed by atoms with Gasteiger partial charge in [0.15, 0.2) is 0 Å². The van der Waals surface area contributed by atoms with Crippen LogP contribution < -0.4 is 16.3 Å². The molecule has 0 aliphatic rings. The Bertz CT molecular complexity index is 386. The highest BCUT2D eigenvalue weighted by atomic mass is 31.1. The Kier molecular flexibility index (Phi) is 3.71. The zero-order chi connectivity index (χ0) is 11.4. The first-order valence-corrected chi connectivity index (χ1v) is 6.85. The maximum atomic E-state index is 6.13. The molecule has 0 aromatic heterocycles. The molecule has 0 bridgehead atoms. The fourth-order valence-corrected chi connectivity index (χ4v) is 4.02. The van der Waals surface area contributed by atoms with Crippen molar-refractivity contribution in [1.29, 1.82) is 0 Å². The molecule has 2 aromatic rings. The molecule has 0 unspecified atom stereocenters. The van der Waals surface area contributed by atoms with E-state index in [0.29, 0.717) is 0 Å². The quantitative estimate of drug-likeness (QED) is 0.804. The summed E-state index contributed by atoms with van der Waals surface area (Å²) in [5, 5.41) is 2.69. The van der Waals surface area contributed by atoms with Crippen LogP contribution in [0.25, 0.3) is 0 Å². The Morgan fingerprint density at radius 2 is 1.19 bits per heavy atom. The van der Waals surface area contributed by atoms with Gasteiger partial charge in [0.25, 0.3) is 0 Å². The van der Waals surface area contributed by atoms with Gasteiger partial charge in [-0.2, -0.15) is 0 Å². The lowest BCUT2D eigenvalue weighted by Crippen LogP contribution is -2.25. The summed E-state index contributed by atoms with van der Waals surface area (Å²) < 4.78 is 0. The zero-order valence-corrected chi connectivity index (χ0v) is 10.3. The predicted octanol–water partition coefficient (Wildman–Crippen LogP) is 2.42. The summed E-state index contributed by atoms with van der Waals surface area (Å²) in [7, 11) is -0.432. The van der Waals surface area contributed by atoms with Crippen molar-refractivity contribution in [2.24, 2.45) is 5.73 Å². The molecule has 0 aliphatic carbocycles. The van der Waals surface area contributed by atoms with Gasteiger partial charge in [-0.3, -0.25) is 0 Å². The molecule has 2 rings (SSSR count). The standard InChI is InChI=1S/C14H16NP/c1-12(15)16(13-8-4-2-5-9-13)14-10-6-3-7-11-14/h2-12H,15H2,1H3/t12-/m0/s1. The first kappa shape index (κ1) is 11.3. The average Bonchev–Trinajstić information content (AvgIpc) is 2.31. The van der Waals surface area contributed by atoms with Gasteiger partial charge in [0.05, 0.1) is 0 Å². The van der Waals surface area contributed by atoms with Crippen LogP contribution in [0.3, 0.4) is 0 Å². The number of hydrogen-bond donors (Lipinski definition) is 1. The highest BCUT2D eigenvalue weighted by molar-refractivity contribution is 7.73. The van der Waals surface area contributed by atoms with Gasteiger partial charge in [0.2, 0.25) is 0 Å². The smallest absolute Gasteiger partial charge is 0.0296 e. The minimum atomic E-state index is -0.432. The number of nitrogens with two attached hydrogens (primary N) is 1. The van der Waals surface area contributed by atoms with Gasteiger partial charge in [0.1, 0.15) is 0 Å². The Balaban J connectivity index is 2.40. The third kappa shape index (κ3) is 2.49. The zero-order valence-electron chi connectivity index (χ0n) is 9.38. The highest BCUT2D eigenvalue weighted by Gasteiger charge is 2.16. The molecule has 1 nitrogen and oxygen atoms in total. The molecule has 0 saturated carbocycles. The van der Waals surface area contributed by atoms with Crippen molar-refractivity contribution in [3.8, 4) is 0 Å². The third-order valence-corrected chi connectivity index (χ3v) is 5.00. The van der Waals surface area contributed by atoms with E-state index in [-0.39, 0.29) is 5.78 Å². The van der Waals surface area contributed by atoms with E-state index in [9.17, 15) is 0 Å².